The highest BCUT2D eigenvalue weighted by atomic mass is 15.3. The zero-order valence-electron chi connectivity index (χ0n) is 11.5. The first-order chi connectivity index (χ1) is 8.74. The van der Waals surface area contributed by atoms with Crippen molar-refractivity contribution in [2.24, 2.45) is 0 Å². The van der Waals surface area contributed by atoms with Gasteiger partial charge in [0.25, 0.3) is 0 Å². The van der Waals surface area contributed by atoms with Crippen molar-refractivity contribution in [3.8, 4) is 0 Å². The van der Waals surface area contributed by atoms with Crippen molar-refractivity contribution in [2.75, 3.05) is 50.1 Å². The molecule has 2 fully saturated rings. The highest BCUT2D eigenvalue weighted by molar-refractivity contribution is 5.56. The molecule has 1 aromatic rings. The van der Waals surface area contributed by atoms with Gasteiger partial charge in [0.2, 0.25) is 0 Å². The molecule has 1 unspecified atom stereocenters. The van der Waals surface area contributed by atoms with Crippen LogP contribution in [0.4, 0.5) is 11.4 Å². The quantitative estimate of drug-likeness (QED) is 0.789. The summed E-state index contributed by atoms with van der Waals surface area (Å²) in [7, 11) is 4.18. The largest absolute Gasteiger partial charge is 0.378 e. The maximum atomic E-state index is 2.66. The Bertz CT molecular complexity index is 399. The van der Waals surface area contributed by atoms with Crippen LogP contribution in [0, 0.1) is 0 Å². The zero-order chi connectivity index (χ0) is 12.5. The van der Waals surface area contributed by atoms with Crippen LogP contribution in [0.1, 0.15) is 12.8 Å². The van der Waals surface area contributed by atoms with E-state index in [-0.39, 0.29) is 0 Å². The van der Waals surface area contributed by atoms with Crippen molar-refractivity contribution in [1.29, 1.82) is 0 Å². The summed E-state index contributed by atoms with van der Waals surface area (Å²) in [6, 6.07) is 9.76. The van der Waals surface area contributed by atoms with Gasteiger partial charge < -0.3 is 9.80 Å². The highest BCUT2D eigenvalue weighted by Gasteiger charge is 2.30. The summed E-state index contributed by atoms with van der Waals surface area (Å²) >= 11 is 0. The third-order valence-electron chi connectivity index (χ3n) is 4.32. The minimum atomic E-state index is 0.798. The molecule has 3 rings (SSSR count). The summed E-state index contributed by atoms with van der Waals surface area (Å²) in [5.74, 6) is 0. The van der Waals surface area contributed by atoms with E-state index in [1.54, 1.807) is 0 Å². The highest BCUT2D eigenvalue weighted by Crippen LogP contribution is 2.26. The molecule has 1 aromatic carbocycles. The molecule has 0 amide bonds. The van der Waals surface area contributed by atoms with Crippen molar-refractivity contribution in [1.82, 2.24) is 4.90 Å². The Morgan fingerprint density at radius 2 is 1.83 bits per heavy atom. The van der Waals surface area contributed by atoms with Crippen LogP contribution < -0.4 is 9.80 Å². The molecule has 1 atom stereocenters. The summed E-state index contributed by atoms with van der Waals surface area (Å²) < 4.78 is 0. The zero-order valence-corrected chi connectivity index (χ0v) is 11.5. The molecule has 0 spiro atoms. The molecule has 2 aliphatic rings. The Kier molecular flexibility index (Phi) is 3.16. The van der Waals surface area contributed by atoms with Crippen LogP contribution in [0.2, 0.25) is 0 Å². The Morgan fingerprint density at radius 1 is 1.06 bits per heavy atom. The van der Waals surface area contributed by atoms with Gasteiger partial charge in [-0.2, -0.15) is 0 Å². The van der Waals surface area contributed by atoms with Crippen molar-refractivity contribution in [2.45, 2.75) is 18.9 Å². The van der Waals surface area contributed by atoms with Crippen LogP contribution in [0.3, 0.4) is 0 Å². The van der Waals surface area contributed by atoms with Crippen molar-refractivity contribution >= 4 is 11.4 Å². The molecule has 0 aromatic heterocycles. The van der Waals surface area contributed by atoms with Gasteiger partial charge >= 0.3 is 0 Å². The summed E-state index contributed by atoms with van der Waals surface area (Å²) in [5.41, 5.74) is 2.66. The first-order valence-corrected chi connectivity index (χ1v) is 7.00. The van der Waals surface area contributed by atoms with Crippen molar-refractivity contribution in [3.05, 3.63) is 24.3 Å². The molecule has 0 N–H and O–H groups in total. The number of anilines is 2. The normalized spacial score (nSPS) is 24.1. The number of hydrogen-bond donors (Lipinski definition) is 0. The van der Waals surface area contributed by atoms with Gasteiger partial charge in [0.1, 0.15) is 0 Å². The molecule has 2 saturated heterocycles. The first-order valence-electron chi connectivity index (χ1n) is 7.00. The number of hydrogen-bond acceptors (Lipinski definition) is 3. The lowest BCUT2D eigenvalue weighted by Gasteiger charge is -2.39. The van der Waals surface area contributed by atoms with Gasteiger partial charge in [-0.05, 0) is 43.7 Å². The third-order valence-corrected chi connectivity index (χ3v) is 4.32. The molecule has 2 aliphatic heterocycles. The minimum Gasteiger partial charge on any atom is -0.378 e. The summed E-state index contributed by atoms with van der Waals surface area (Å²) in [5, 5.41) is 0. The Hall–Kier alpha value is -1.22. The predicted octanol–water partition coefficient (Wildman–Crippen LogP) is 2.04. The molecular weight excluding hydrogens is 222 g/mol. The van der Waals surface area contributed by atoms with Crippen LogP contribution in [0.15, 0.2) is 24.3 Å². The van der Waals surface area contributed by atoms with Gasteiger partial charge in [-0.25, -0.2) is 0 Å². The van der Waals surface area contributed by atoms with E-state index in [1.165, 1.54) is 50.4 Å². The van der Waals surface area contributed by atoms with Crippen molar-refractivity contribution < 1.29 is 0 Å². The van der Waals surface area contributed by atoms with E-state index < -0.39 is 0 Å². The standard InChI is InChI=1S/C15H23N3/c1-16(2)13-5-7-14(8-6-13)18-11-10-17-9-3-4-15(17)12-18/h5-8,15H,3-4,9-12H2,1-2H3. The maximum Gasteiger partial charge on any atom is 0.0368 e. The molecule has 3 nitrogen and oxygen atoms in total. The third kappa shape index (κ3) is 2.19. The molecule has 3 heteroatoms. The van der Waals surface area contributed by atoms with Gasteiger partial charge in [0, 0.05) is 51.1 Å². The SMILES string of the molecule is CN(C)c1ccc(N2CCN3CCCC3C2)cc1. The molecule has 98 valence electrons. The van der Waals surface area contributed by atoms with Crippen LogP contribution in [-0.4, -0.2) is 51.2 Å². The van der Waals surface area contributed by atoms with Gasteiger partial charge in [-0.3, -0.25) is 4.90 Å². The van der Waals surface area contributed by atoms with Gasteiger partial charge in [-0.1, -0.05) is 0 Å². The average molecular weight is 245 g/mol. The van der Waals surface area contributed by atoms with Gasteiger partial charge in [0.15, 0.2) is 0 Å². The first kappa shape index (κ1) is 11.8. The Labute approximate surface area is 110 Å². The molecule has 0 bridgehead atoms. The number of nitrogens with zero attached hydrogens (tertiary/aromatic N) is 3. The van der Waals surface area contributed by atoms with Crippen LogP contribution >= 0.6 is 0 Å². The number of benzene rings is 1. The van der Waals surface area contributed by atoms with Crippen LogP contribution in [0.5, 0.6) is 0 Å². The average Bonchev–Trinajstić information content (AvgIpc) is 2.86. The molecule has 2 heterocycles. The minimum absolute atomic E-state index is 0.798. The molecule has 0 aliphatic carbocycles. The fourth-order valence-corrected chi connectivity index (χ4v) is 3.19. The van der Waals surface area contributed by atoms with Gasteiger partial charge in [0.05, 0.1) is 0 Å². The topological polar surface area (TPSA) is 9.72 Å². The lowest BCUT2D eigenvalue weighted by molar-refractivity contribution is 0.231. The fraction of sp³-hybridized carbons (Fsp3) is 0.600. The summed E-state index contributed by atoms with van der Waals surface area (Å²) in [6.45, 7) is 4.94. The molecular formula is C15H23N3. The lowest BCUT2D eigenvalue weighted by Crippen LogP contribution is -2.50. The molecule has 18 heavy (non-hydrogen) atoms. The second-order valence-corrected chi connectivity index (χ2v) is 5.69. The second-order valence-electron chi connectivity index (χ2n) is 5.69. The van der Waals surface area contributed by atoms with E-state index in [0.29, 0.717) is 0 Å². The van der Waals surface area contributed by atoms with E-state index in [4.69, 9.17) is 0 Å². The number of fused-ring (bicyclic) bond motifs is 1. The number of rotatable bonds is 2. The maximum absolute atomic E-state index is 2.66. The summed E-state index contributed by atoms with van der Waals surface area (Å²) in [4.78, 5) is 7.36. The monoisotopic (exact) mass is 245 g/mol. The molecule has 0 saturated carbocycles. The van der Waals surface area contributed by atoms with E-state index >= 15 is 0 Å². The number of piperazine rings is 1. The second kappa shape index (κ2) is 4.81. The Morgan fingerprint density at radius 3 is 2.56 bits per heavy atom. The van der Waals surface area contributed by atoms with E-state index in [2.05, 4.69) is 53.1 Å². The fourth-order valence-electron chi connectivity index (χ4n) is 3.19. The van der Waals surface area contributed by atoms with Crippen LogP contribution in [0.25, 0.3) is 0 Å². The summed E-state index contributed by atoms with van der Waals surface area (Å²) in [6.07, 6.45) is 2.77. The van der Waals surface area contributed by atoms with E-state index in [0.717, 1.165) is 6.04 Å². The van der Waals surface area contributed by atoms with E-state index in [9.17, 15) is 0 Å². The van der Waals surface area contributed by atoms with E-state index in [1.807, 2.05) is 0 Å². The molecule has 0 radical (unpaired) electrons. The smallest absolute Gasteiger partial charge is 0.0368 e. The Balaban J connectivity index is 1.71. The predicted molar refractivity (Wildman–Crippen MR) is 77.6 cm³/mol. The van der Waals surface area contributed by atoms with Crippen molar-refractivity contribution in [3.63, 3.8) is 0 Å². The lowest BCUT2D eigenvalue weighted by atomic mass is 10.1. The van der Waals surface area contributed by atoms with Gasteiger partial charge in [-0.15, -0.1) is 0 Å². The van der Waals surface area contributed by atoms with Crippen LogP contribution in [-0.2, 0) is 0 Å².